The van der Waals surface area contributed by atoms with Crippen molar-refractivity contribution in [3.8, 4) is 0 Å². The highest BCUT2D eigenvalue weighted by Gasteiger charge is 2.18. The molecule has 1 atom stereocenters. The maximum Gasteiger partial charge on any atom is 0.0847 e. The third kappa shape index (κ3) is 4.08. The Morgan fingerprint density at radius 1 is 1.24 bits per heavy atom. The van der Waals surface area contributed by atoms with Crippen molar-refractivity contribution in [2.24, 2.45) is 5.92 Å². The molecule has 1 aromatic heterocycles. The van der Waals surface area contributed by atoms with Crippen LogP contribution in [0.1, 0.15) is 23.9 Å². The van der Waals surface area contributed by atoms with E-state index < -0.39 is 0 Å². The Hall–Kier alpha value is -1.32. The monoisotopic (exact) mass is 305 g/mol. The molecule has 2 rings (SSSR count). The molecule has 0 aliphatic heterocycles. The van der Waals surface area contributed by atoms with Crippen LogP contribution in [0.15, 0.2) is 30.3 Å². The lowest BCUT2D eigenvalue weighted by atomic mass is 9.94. The summed E-state index contributed by atoms with van der Waals surface area (Å²) in [7, 11) is 2.00. The molecule has 2 aromatic rings. The first-order chi connectivity index (χ1) is 10.2. The minimum atomic E-state index is 0.510. The number of halogens is 1. The van der Waals surface area contributed by atoms with Crippen molar-refractivity contribution in [1.82, 2.24) is 15.1 Å². The Labute approximate surface area is 132 Å². The van der Waals surface area contributed by atoms with E-state index in [-0.39, 0.29) is 0 Å². The van der Waals surface area contributed by atoms with Crippen LogP contribution in [-0.2, 0) is 19.4 Å². The highest BCUT2D eigenvalue weighted by Crippen LogP contribution is 2.24. The van der Waals surface area contributed by atoms with Crippen molar-refractivity contribution in [1.29, 1.82) is 0 Å². The quantitative estimate of drug-likeness (QED) is 0.848. The maximum atomic E-state index is 6.44. The molecular formula is C17H24ClN3. The fraction of sp³-hybridized carbons (Fsp3) is 0.471. The van der Waals surface area contributed by atoms with Crippen LogP contribution in [0, 0.1) is 12.8 Å². The van der Waals surface area contributed by atoms with Gasteiger partial charge in [-0.25, -0.2) is 0 Å². The van der Waals surface area contributed by atoms with Gasteiger partial charge in [0.05, 0.1) is 16.4 Å². The molecule has 0 spiro atoms. The van der Waals surface area contributed by atoms with Gasteiger partial charge in [0.15, 0.2) is 0 Å². The summed E-state index contributed by atoms with van der Waals surface area (Å²) in [4.78, 5) is 0. The topological polar surface area (TPSA) is 29.9 Å². The van der Waals surface area contributed by atoms with E-state index in [0.29, 0.717) is 5.92 Å². The average molecular weight is 306 g/mol. The van der Waals surface area contributed by atoms with Crippen molar-refractivity contribution in [2.45, 2.75) is 33.2 Å². The van der Waals surface area contributed by atoms with Gasteiger partial charge in [-0.15, -0.1) is 0 Å². The maximum absolute atomic E-state index is 6.44. The molecule has 0 aliphatic carbocycles. The smallest absolute Gasteiger partial charge is 0.0847 e. The first kappa shape index (κ1) is 16.1. The van der Waals surface area contributed by atoms with Crippen LogP contribution < -0.4 is 5.32 Å². The lowest BCUT2D eigenvalue weighted by Crippen LogP contribution is -2.24. The molecule has 1 aromatic carbocycles. The van der Waals surface area contributed by atoms with Crippen molar-refractivity contribution in [3.63, 3.8) is 0 Å². The summed E-state index contributed by atoms with van der Waals surface area (Å²) in [6.07, 6.45) is 2.00. The summed E-state index contributed by atoms with van der Waals surface area (Å²) < 4.78 is 2.03. The highest BCUT2D eigenvalue weighted by atomic mass is 35.5. The largest absolute Gasteiger partial charge is 0.319 e. The molecule has 1 unspecified atom stereocenters. The lowest BCUT2D eigenvalue weighted by Gasteiger charge is -2.17. The average Bonchev–Trinajstić information content (AvgIpc) is 2.76. The van der Waals surface area contributed by atoms with Gasteiger partial charge in [-0.05, 0) is 51.8 Å². The number of nitrogens with one attached hydrogen (secondary N) is 1. The minimum absolute atomic E-state index is 0.510. The van der Waals surface area contributed by atoms with Gasteiger partial charge in [0.25, 0.3) is 0 Å². The zero-order valence-electron chi connectivity index (χ0n) is 13.1. The zero-order valence-corrected chi connectivity index (χ0v) is 13.8. The molecule has 0 bridgehead atoms. The SMILES string of the molecule is CCn1nc(C)c(Cl)c1CC(CNC)Cc1ccccc1. The summed E-state index contributed by atoms with van der Waals surface area (Å²) in [5, 5.41) is 8.64. The van der Waals surface area contributed by atoms with E-state index in [1.165, 1.54) is 5.56 Å². The second kappa shape index (κ2) is 7.62. The van der Waals surface area contributed by atoms with Crippen LogP contribution in [0.3, 0.4) is 0 Å². The van der Waals surface area contributed by atoms with E-state index >= 15 is 0 Å². The van der Waals surface area contributed by atoms with Crippen LogP contribution in [0.2, 0.25) is 5.02 Å². The van der Waals surface area contributed by atoms with Gasteiger partial charge in [0.2, 0.25) is 0 Å². The van der Waals surface area contributed by atoms with E-state index in [1.807, 2.05) is 18.7 Å². The molecule has 0 saturated carbocycles. The molecule has 114 valence electrons. The van der Waals surface area contributed by atoms with Crippen LogP contribution in [0.25, 0.3) is 0 Å². The van der Waals surface area contributed by atoms with Crippen LogP contribution in [0.5, 0.6) is 0 Å². The van der Waals surface area contributed by atoms with Gasteiger partial charge in [-0.3, -0.25) is 4.68 Å². The molecule has 1 N–H and O–H groups in total. The molecule has 0 aliphatic rings. The van der Waals surface area contributed by atoms with Crippen molar-refractivity contribution < 1.29 is 0 Å². The summed E-state index contributed by atoms with van der Waals surface area (Å²) >= 11 is 6.44. The van der Waals surface area contributed by atoms with Gasteiger partial charge in [0.1, 0.15) is 0 Å². The highest BCUT2D eigenvalue weighted by molar-refractivity contribution is 6.31. The molecular weight excluding hydrogens is 282 g/mol. The summed E-state index contributed by atoms with van der Waals surface area (Å²) in [5.74, 6) is 0.510. The standard InChI is InChI=1S/C17H24ClN3/c1-4-21-16(17(18)13(2)20-21)11-15(12-19-3)10-14-8-6-5-7-9-14/h5-9,15,19H,4,10-12H2,1-3H3. The minimum Gasteiger partial charge on any atom is -0.319 e. The molecule has 3 nitrogen and oxygen atoms in total. The normalized spacial score (nSPS) is 12.6. The Bertz CT molecular complexity index is 563. The Balaban J connectivity index is 2.16. The fourth-order valence-electron chi connectivity index (χ4n) is 2.79. The van der Waals surface area contributed by atoms with Gasteiger partial charge >= 0.3 is 0 Å². The van der Waals surface area contributed by atoms with E-state index in [2.05, 4.69) is 47.7 Å². The number of hydrogen-bond acceptors (Lipinski definition) is 2. The van der Waals surface area contributed by atoms with Gasteiger partial charge in [-0.2, -0.15) is 5.10 Å². The zero-order chi connectivity index (χ0) is 15.2. The predicted octanol–water partition coefficient (Wildman–Crippen LogP) is 3.49. The molecule has 4 heteroatoms. The molecule has 1 heterocycles. The van der Waals surface area contributed by atoms with Crippen molar-refractivity contribution >= 4 is 11.6 Å². The third-order valence-corrected chi connectivity index (χ3v) is 4.29. The van der Waals surface area contributed by atoms with Gasteiger partial charge in [-0.1, -0.05) is 41.9 Å². The summed E-state index contributed by atoms with van der Waals surface area (Å²) in [6, 6.07) is 10.6. The van der Waals surface area contributed by atoms with E-state index in [4.69, 9.17) is 11.6 Å². The van der Waals surface area contributed by atoms with Crippen LogP contribution in [0.4, 0.5) is 0 Å². The van der Waals surface area contributed by atoms with E-state index in [0.717, 1.165) is 42.3 Å². The molecule has 0 radical (unpaired) electrons. The Morgan fingerprint density at radius 3 is 2.57 bits per heavy atom. The van der Waals surface area contributed by atoms with Gasteiger partial charge in [0, 0.05) is 6.54 Å². The summed E-state index contributed by atoms with van der Waals surface area (Å²) in [5.41, 5.74) is 3.46. The Kier molecular flexibility index (Phi) is 5.83. The summed E-state index contributed by atoms with van der Waals surface area (Å²) in [6.45, 7) is 5.92. The molecule has 0 saturated heterocycles. The lowest BCUT2D eigenvalue weighted by molar-refractivity contribution is 0.470. The Morgan fingerprint density at radius 2 is 1.95 bits per heavy atom. The van der Waals surface area contributed by atoms with Crippen LogP contribution >= 0.6 is 11.6 Å². The second-order valence-corrected chi connectivity index (χ2v) is 5.86. The molecule has 0 amide bonds. The third-order valence-electron chi connectivity index (χ3n) is 3.79. The molecule has 21 heavy (non-hydrogen) atoms. The van der Waals surface area contributed by atoms with E-state index in [9.17, 15) is 0 Å². The number of hydrogen-bond donors (Lipinski definition) is 1. The number of aromatic nitrogens is 2. The number of benzene rings is 1. The van der Waals surface area contributed by atoms with Crippen molar-refractivity contribution in [2.75, 3.05) is 13.6 Å². The van der Waals surface area contributed by atoms with Gasteiger partial charge < -0.3 is 5.32 Å². The second-order valence-electron chi connectivity index (χ2n) is 5.48. The van der Waals surface area contributed by atoms with Crippen molar-refractivity contribution in [3.05, 3.63) is 52.3 Å². The first-order valence-electron chi connectivity index (χ1n) is 7.56. The number of aryl methyl sites for hydroxylation is 2. The fourth-order valence-corrected chi connectivity index (χ4v) is 3.00. The number of nitrogens with zero attached hydrogens (tertiary/aromatic N) is 2. The van der Waals surface area contributed by atoms with Crippen LogP contribution in [-0.4, -0.2) is 23.4 Å². The predicted molar refractivity (Wildman–Crippen MR) is 88.9 cm³/mol. The first-order valence-corrected chi connectivity index (χ1v) is 7.93. The van der Waals surface area contributed by atoms with E-state index in [1.54, 1.807) is 0 Å². The number of rotatable bonds is 7. The molecule has 0 fully saturated rings.